The zero-order valence-corrected chi connectivity index (χ0v) is 12.9. The lowest BCUT2D eigenvalue weighted by Crippen LogP contribution is -2.44. The highest BCUT2D eigenvalue weighted by Gasteiger charge is 2.21. The molecule has 0 aliphatic carbocycles. The molecule has 0 unspecified atom stereocenters. The Morgan fingerprint density at radius 2 is 2.15 bits per heavy atom. The van der Waals surface area contributed by atoms with E-state index in [9.17, 15) is 4.79 Å². The maximum Gasteiger partial charge on any atom is 0.340 e. The van der Waals surface area contributed by atoms with E-state index in [-0.39, 0.29) is 5.54 Å². The van der Waals surface area contributed by atoms with Gasteiger partial charge in [-0.3, -0.25) is 0 Å². The normalized spacial score (nSPS) is 11.5. The summed E-state index contributed by atoms with van der Waals surface area (Å²) in [5.41, 5.74) is 6.58. The molecular weight excluding hydrogens is 256 g/mol. The molecule has 3 N–H and O–H groups in total. The lowest BCUT2D eigenvalue weighted by Gasteiger charge is -2.33. The fraction of sp³-hybridized carbons (Fsp3) is 0.571. The molecule has 0 saturated heterocycles. The van der Waals surface area contributed by atoms with Gasteiger partial charge in [-0.05, 0) is 40.9 Å². The molecule has 0 aromatic carbocycles. The molecule has 0 radical (unpaired) electrons. The Labute approximate surface area is 120 Å². The average Bonchev–Trinajstić information content (AvgIpc) is 2.37. The van der Waals surface area contributed by atoms with Crippen LogP contribution < -0.4 is 11.1 Å². The molecule has 0 atom stereocenters. The van der Waals surface area contributed by atoms with Crippen molar-refractivity contribution in [2.45, 2.75) is 26.3 Å². The van der Waals surface area contributed by atoms with Gasteiger partial charge in [0.1, 0.15) is 5.82 Å². The Morgan fingerprint density at radius 3 is 2.70 bits per heavy atom. The van der Waals surface area contributed by atoms with Crippen LogP contribution in [-0.2, 0) is 4.74 Å². The first-order chi connectivity index (χ1) is 9.29. The number of nitrogens with one attached hydrogen (secondary N) is 1. The van der Waals surface area contributed by atoms with Crippen molar-refractivity contribution in [2.24, 2.45) is 0 Å². The molecule has 112 valence electrons. The number of carbonyl (C=O) groups is 1. The lowest BCUT2D eigenvalue weighted by atomic mass is 10.0. The summed E-state index contributed by atoms with van der Waals surface area (Å²) < 4.78 is 4.96. The van der Waals surface area contributed by atoms with Gasteiger partial charge in [0.25, 0.3) is 0 Å². The van der Waals surface area contributed by atoms with Crippen molar-refractivity contribution >= 4 is 17.5 Å². The van der Waals surface area contributed by atoms with Crippen LogP contribution in [0.2, 0.25) is 0 Å². The van der Waals surface area contributed by atoms with Crippen molar-refractivity contribution in [3.63, 3.8) is 0 Å². The third-order valence-electron chi connectivity index (χ3n) is 3.38. The summed E-state index contributed by atoms with van der Waals surface area (Å²) in [6.07, 6.45) is 1.55. The highest BCUT2D eigenvalue weighted by atomic mass is 16.5. The summed E-state index contributed by atoms with van der Waals surface area (Å²) in [6, 6.07) is 1.57. The van der Waals surface area contributed by atoms with Crippen LogP contribution in [0, 0.1) is 0 Å². The third-order valence-corrected chi connectivity index (χ3v) is 3.38. The molecule has 0 fully saturated rings. The zero-order valence-electron chi connectivity index (χ0n) is 12.9. The van der Waals surface area contributed by atoms with E-state index in [1.54, 1.807) is 19.2 Å². The minimum Gasteiger partial charge on any atom is -0.462 e. The predicted octanol–water partition coefficient (Wildman–Crippen LogP) is 1.59. The van der Waals surface area contributed by atoms with Crippen LogP contribution in [0.1, 0.15) is 31.1 Å². The summed E-state index contributed by atoms with van der Waals surface area (Å²) in [5.74, 6) is 0.0767. The van der Waals surface area contributed by atoms with Crippen LogP contribution in [0.15, 0.2) is 12.3 Å². The standard InChI is InChI=1S/C14H24N4O2/c1-6-20-13(19)10-7-8-16-12(11(10)15)17-9-14(2,3)18(4)5/h7-8H,6,9,15H2,1-5H3,(H,16,17). The number of anilines is 2. The fourth-order valence-corrected chi connectivity index (χ4v) is 1.46. The van der Waals surface area contributed by atoms with Crippen LogP contribution in [0.25, 0.3) is 0 Å². The Bertz CT molecular complexity index is 472. The lowest BCUT2D eigenvalue weighted by molar-refractivity contribution is 0.0527. The van der Waals surface area contributed by atoms with E-state index in [1.165, 1.54) is 0 Å². The number of esters is 1. The van der Waals surface area contributed by atoms with Gasteiger partial charge in [0, 0.05) is 18.3 Å². The summed E-state index contributed by atoms with van der Waals surface area (Å²) in [5, 5.41) is 3.19. The summed E-state index contributed by atoms with van der Waals surface area (Å²) in [6.45, 7) is 6.94. The number of likely N-dealkylation sites (N-methyl/N-ethyl adjacent to an activating group) is 1. The minimum absolute atomic E-state index is 0.0615. The second-order valence-electron chi connectivity index (χ2n) is 5.40. The SMILES string of the molecule is CCOC(=O)c1ccnc(NCC(C)(C)N(C)C)c1N. The van der Waals surface area contributed by atoms with Gasteiger partial charge in [0.05, 0.1) is 17.9 Å². The molecule has 1 aromatic rings. The molecule has 1 heterocycles. The van der Waals surface area contributed by atoms with Crippen molar-refractivity contribution in [3.8, 4) is 0 Å². The molecule has 0 saturated carbocycles. The molecule has 0 amide bonds. The molecule has 6 heteroatoms. The molecule has 0 aliphatic rings. The first-order valence-corrected chi connectivity index (χ1v) is 6.62. The molecule has 20 heavy (non-hydrogen) atoms. The van der Waals surface area contributed by atoms with E-state index in [4.69, 9.17) is 10.5 Å². The fourth-order valence-electron chi connectivity index (χ4n) is 1.46. The Kier molecular flexibility index (Phi) is 5.33. The van der Waals surface area contributed by atoms with Crippen LogP contribution >= 0.6 is 0 Å². The first-order valence-electron chi connectivity index (χ1n) is 6.62. The van der Waals surface area contributed by atoms with Gasteiger partial charge in [0.2, 0.25) is 0 Å². The van der Waals surface area contributed by atoms with Crippen molar-refractivity contribution in [1.82, 2.24) is 9.88 Å². The van der Waals surface area contributed by atoms with E-state index in [1.807, 2.05) is 14.1 Å². The summed E-state index contributed by atoms with van der Waals surface area (Å²) in [4.78, 5) is 18.0. The number of hydrogen-bond acceptors (Lipinski definition) is 6. The molecule has 0 spiro atoms. The summed E-state index contributed by atoms with van der Waals surface area (Å²) in [7, 11) is 4.01. The van der Waals surface area contributed by atoms with E-state index in [0.717, 1.165) is 0 Å². The molecular formula is C14H24N4O2. The van der Waals surface area contributed by atoms with Gasteiger partial charge < -0.3 is 20.7 Å². The van der Waals surface area contributed by atoms with Crippen LogP contribution in [0.4, 0.5) is 11.5 Å². The van der Waals surface area contributed by atoms with E-state index in [0.29, 0.717) is 30.2 Å². The number of hydrogen-bond donors (Lipinski definition) is 2. The van der Waals surface area contributed by atoms with Gasteiger partial charge in [-0.15, -0.1) is 0 Å². The average molecular weight is 280 g/mol. The Morgan fingerprint density at radius 1 is 1.50 bits per heavy atom. The van der Waals surface area contributed by atoms with Crippen LogP contribution in [0.3, 0.4) is 0 Å². The number of ether oxygens (including phenoxy) is 1. The van der Waals surface area contributed by atoms with Gasteiger partial charge in [-0.25, -0.2) is 9.78 Å². The quantitative estimate of drug-likeness (QED) is 0.770. The number of nitrogen functional groups attached to an aromatic ring is 1. The van der Waals surface area contributed by atoms with Crippen molar-refractivity contribution in [1.29, 1.82) is 0 Å². The number of pyridine rings is 1. The van der Waals surface area contributed by atoms with Gasteiger partial charge in [-0.2, -0.15) is 0 Å². The smallest absolute Gasteiger partial charge is 0.340 e. The van der Waals surface area contributed by atoms with Crippen LogP contribution in [0.5, 0.6) is 0 Å². The minimum atomic E-state index is -0.428. The Hall–Kier alpha value is -1.82. The predicted molar refractivity (Wildman–Crippen MR) is 80.9 cm³/mol. The molecule has 0 aliphatic heterocycles. The van der Waals surface area contributed by atoms with E-state index in [2.05, 4.69) is 29.0 Å². The zero-order chi connectivity index (χ0) is 15.3. The van der Waals surface area contributed by atoms with Gasteiger partial charge >= 0.3 is 5.97 Å². The summed E-state index contributed by atoms with van der Waals surface area (Å²) >= 11 is 0. The van der Waals surface area contributed by atoms with Crippen molar-refractivity contribution in [3.05, 3.63) is 17.8 Å². The topological polar surface area (TPSA) is 80.5 Å². The number of nitrogens with two attached hydrogens (primary N) is 1. The maximum atomic E-state index is 11.8. The second-order valence-corrected chi connectivity index (χ2v) is 5.40. The highest BCUT2D eigenvalue weighted by Crippen LogP contribution is 2.22. The van der Waals surface area contributed by atoms with E-state index < -0.39 is 5.97 Å². The number of aromatic nitrogens is 1. The van der Waals surface area contributed by atoms with Crippen molar-refractivity contribution < 1.29 is 9.53 Å². The Balaban J connectivity index is 2.87. The van der Waals surface area contributed by atoms with Gasteiger partial charge in [-0.1, -0.05) is 0 Å². The van der Waals surface area contributed by atoms with Gasteiger partial charge in [0.15, 0.2) is 0 Å². The number of rotatable bonds is 6. The monoisotopic (exact) mass is 280 g/mol. The number of nitrogens with zero attached hydrogens (tertiary/aromatic N) is 2. The van der Waals surface area contributed by atoms with Crippen molar-refractivity contribution in [2.75, 3.05) is 38.3 Å². The van der Waals surface area contributed by atoms with E-state index >= 15 is 0 Å². The largest absolute Gasteiger partial charge is 0.462 e. The maximum absolute atomic E-state index is 11.8. The first kappa shape index (κ1) is 16.2. The second kappa shape index (κ2) is 6.56. The highest BCUT2D eigenvalue weighted by molar-refractivity contribution is 5.97. The third kappa shape index (κ3) is 3.84. The van der Waals surface area contributed by atoms with Crippen LogP contribution in [-0.4, -0.2) is 48.6 Å². The molecule has 1 rings (SSSR count). The number of carbonyl (C=O) groups excluding carboxylic acids is 1. The molecule has 6 nitrogen and oxygen atoms in total. The molecule has 1 aromatic heterocycles. The molecule has 0 bridgehead atoms.